The Kier molecular flexibility index (Phi) is 5.58. The number of rotatable bonds is 5. The van der Waals surface area contributed by atoms with Crippen LogP contribution in [0.15, 0.2) is 84.6 Å². The lowest BCUT2D eigenvalue weighted by atomic mass is 10.1. The van der Waals surface area contributed by atoms with Gasteiger partial charge in [0, 0.05) is 5.56 Å². The van der Waals surface area contributed by atoms with Crippen molar-refractivity contribution in [2.45, 2.75) is 6.54 Å². The van der Waals surface area contributed by atoms with Crippen LogP contribution < -0.4 is 5.32 Å². The van der Waals surface area contributed by atoms with E-state index >= 15 is 0 Å². The van der Waals surface area contributed by atoms with Gasteiger partial charge in [0.05, 0.1) is 17.8 Å². The highest BCUT2D eigenvalue weighted by Gasteiger charge is 2.34. The molecule has 2 heterocycles. The van der Waals surface area contributed by atoms with E-state index in [1.54, 1.807) is 30.3 Å². The highest BCUT2D eigenvalue weighted by atomic mass is 19.1. The summed E-state index contributed by atoms with van der Waals surface area (Å²) < 4.78 is 28.2. The summed E-state index contributed by atoms with van der Waals surface area (Å²) in [6, 6.07) is 19.3. The van der Waals surface area contributed by atoms with E-state index in [0.29, 0.717) is 22.5 Å². The average Bonchev–Trinajstić information content (AvgIpc) is 3.31. The molecule has 1 aliphatic rings. The van der Waals surface area contributed by atoms with E-state index in [2.05, 4.69) is 10.4 Å². The van der Waals surface area contributed by atoms with Crippen molar-refractivity contribution in [2.75, 3.05) is 0 Å². The predicted molar refractivity (Wildman–Crippen MR) is 124 cm³/mol. The van der Waals surface area contributed by atoms with Crippen molar-refractivity contribution in [3.63, 3.8) is 0 Å². The Balaban J connectivity index is 1.56. The molecule has 4 aromatic rings. The maximum atomic E-state index is 13.5. The first-order valence-electron chi connectivity index (χ1n) is 10.6. The molecule has 0 bridgehead atoms. The lowest BCUT2D eigenvalue weighted by molar-refractivity contribution is -0.123. The smallest absolute Gasteiger partial charge is 0.329 e. The third-order valence-electron chi connectivity index (χ3n) is 5.50. The van der Waals surface area contributed by atoms with Crippen LogP contribution in [0.3, 0.4) is 0 Å². The predicted octanol–water partition coefficient (Wildman–Crippen LogP) is 4.62. The van der Waals surface area contributed by atoms with Gasteiger partial charge in [-0.2, -0.15) is 5.10 Å². The third kappa shape index (κ3) is 4.26. The lowest BCUT2D eigenvalue weighted by Crippen LogP contribution is -2.30. The number of benzene rings is 3. The van der Waals surface area contributed by atoms with Crippen molar-refractivity contribution >= 4 is 18.0 Å². The summed E-state index contributed by atoms with van der Waals surface area (Å²) in [6.45, 7) is -0.119. The molecule has 0 unspecified atom stereocenters. The zero-order chi connectivity index (χ0) is 24.5. The summed E-state index contributed by atoms with van der Waals surface area (Å²) >= 11 is 0. The number of nitrogens with one attached hydrogen (secondary N) is 1. The molecule has 35 heavy (non-hydrogen) atoms. The van der Waals surface area contributed by atoms with E-state index in [1.165, 1.54) is 53.2 Å². The van der Waals surface area contributed by atoms with Gasteiger partial charge in [-0.3, -0.25) is 9.69 Å². The third-order valence-corrected chi connectivity index (χ3v) is 5.50. The molecule has 0 spiro atoms. The van der Waals surface area contributed by atoms with Gasteiger partial charge < -0.3 is 10.4 Å². The number of urea groups is 1. The Hall–Kier alpha value is -4.79. The fourth-order valence-corrected chi connectivity index (χ4v) is 3.80. The summed E-state index contributed by atoms with van der Waals surface area (Å²) in [7, 11) is 0. The van der Waals surface area contributed by atoms with Crippen LogP contribution in [-0.2, 0) is 11.3 Å². The number of amides is 3. The maximum Gasteiger partial charge on any atom is 0.329 e. The van der Waals surface area contributed by atoms with Crippen molar-refractivity contribution in [1.29, 1.82) is 0 Å². The largest absolute Gasteiger partial charge is 0.493 e. The molecule has 174 valence electrons. The van der Waals surface area contributed by atoms with Crippen LogP contribution in [0.1, 0.15) is 11.1 Å². The highest BCUT2D eigenvalue weighted by molar-refractivity contribution is 6.14. The Morgan fingerprint density at radius 1 is 0.914 bits per heavy atom. The topological polar surface area (TPSA) is 87.5 Å². The number of hydrogen-bond acceptors (Lipinski definition) is 4. The van der Waals surface area contributed by atoms with Crippen molar-refractivity contribution in [2.24, 2.45) is 0 Å². The summed E-state index contributed by atoms with van der Waals surface area (Å²) in [5.74, 6) is -1.85. The summed E-state index contributed by atoms with van der Waals surface area (Å²) in [4.78, 5) is 26.5. The van der Waals surface area contributed by atoms with Crippen LogP contribution in [-0.4, -0.2) is 31.7 Å². The minimum atomic E-state index is -0.669. The van der Waals surface area contributed by atoms with Crippen LogP contribution in [0.2, 0.25) is 0 Å². The maximum absolute atomic E-state index is 13.5. The van der Waals surface area contributed by atoms with Gasteiger partial charge in [0.1, 0.15) is 23.0 Å². The van der Waals surface area contributed by atoms with Gasteiger partial charge in [0.25, 0.3) is 5.91 Å². The van der Waals surface area contributed by atoms with Crippen molar-refractivity contribution in [3.8, 4) is 22.8 Å². The zero-order valence-electron chi connectivity index (χ0n) is 18.2. The minimum Gasteiger partial charge on any atom is -0.493 e. The first kappa shape index (κ1) is 22.0. The average molecular weight is 472 g/mol. The molecule has 1 aromatic heterocycles. The Labute approximate surface area is 198 Å². The minimum absolute atomic E-state index is 0.0717. The van der Waals surface area contributed by atoms with Crippen LogP contribution >= 0.6 is 0 Å². The molecule has 1 aliphatic heterocycles. The van der Waals surface area contributed by atoms with E-state index in [-0.39, 0.29) is 23.7 Å². The number of halogens is 2. The van der Waals surface area contributed by atoms with Gasteiger partial charge in [0.2, 0.25) is 5.88 Å². The first-order chi connectivity index (χ1) is 16.9. The van der Waals surface area contributed by atoms with Gasteiger partial charge in [-0.1, -0.05) is 42.5 Å². The SMILES string of the molecule is O=C1N/C(=C\c2c(-c3ccccc3)nn(-c3ccc(F)cc3)c2O)C(=O)N1Cc1cccc(F)c1. The van der Waals surface area contributed by atoms with Crippen molar-refractivity contribution in [1.82, 2.24) is 20.0 Å². The van der Waals surface area contributed by atoms with Crippen molar-refractivity contribution in [3.05, 3.63) is 107 Å². The van der Waals surface area contributed by atoms with E-state index in [1.807, 2.05) is 6.07 Å². The van der Waals surface area contributed by atoms with Crippen molar-refractivity contribution < 1.29 is 23.5 Å². The number of nitrogens with zero attached hydrogens (tertiary/aromatic N) is 3. The van der Waals surface area contributed by atoms with Gasteiger partial charge in [-0.25, -0.2) is 18.3 Å². The van der Waals surface area contributed by atoms with Gasteiger partial charge in [-0.15, -0.1) is 0 Å². The van der Waals surface area contributed by atoms with Gasteiger partial charge in [0.15, 0.2) is 0 Å². The number of carbonyl (C=O) groups excluding carboxylic acids is 2. The first-order valence-corrected chi connectivity index (χ1v) is 10.6. The molecule has 5 rings (SSSR count). The molecule has 0 saturated carbocycles. The molecule has 0 radical (unpaired) electrons. The van der Waals surface area contributed by atoms with Crippen LogP contribution in [0.5, 0.6) is 5.88 Å². The molecule has 3 amide bonds. The Morgan fingerprint density at radius 2 is 1.66 bits per heavy atom. The van der Waals surface area contributed by atoms with Crippen LogP contribution in [0, 0.1) is 11.6 Å². The fraction of sp³-hybridized carbons (Fsp3) is 0.0385. The summed E-state index contributed by atoms with van der Waals surface area (Å²) in [5, 5.41) is 18.0. The second kappa shape index (κ2) is 8.86. The standard InChI is InChI=1S/C26H18F2N4O3/c27-18-9-11-20(12-10-18)32-24(33)21(23(30-32)17-6-2-1-3-7-17)14-22-25(34)31(26(35)29-22)15-16-5-4-8-19(28)13-16/h1-14,33H,15H2,(H,29,35)/b22-14-. The number of carbonyl (C=O) groups is 2. The molecule has 0 aliphatic carbocycles. The second-order valence-corrected chi connectivity index (χ2v) is 7.85. The molecule has 1 saturated heterocycles. The highest BCUT2D eigenvalue weighted by Crippen LogP contribution is 2.34. The molecule has 0 atom stereocenters. The molecule has 2 N–H and O–H groups in total. The zero-order valence-corrected chi connectivity index (χ0v) is 18.2. The quantitative estimate of drug-likeness (QED) is 0.328. The van der Waals surface area contributed by atoms with Gasteiger partial charge in [-0.05, 0) is 48.0 Å². The molecule has 1 fully saturated rings. The number of hydrogen-bond donors (Lipinski definition) is 2. The Morgan fingerprint density at radius 3 is 2.37 bits per heavy atom. The molecular weight excluding hydrogens is 454 g/mol. The monoisotopic (exact) mass is 472 g/mol. The summed E-state index contributed by atoms with van der Waals surface area (Å²) in [5.41, 5.74) is 1.98. The fourth-order valence-electron chi connectivity index (χ4n) is 3.80. The van der Waals surface area contributed by atoms with Crippen LogP contribution in [0.25, 0.3) is 23.0 Å². The number of imide groups is 1. The number of aromatic nitrogens is 2. The van der Waals surface area contributed by atoms with E-state index in [9.17, 15) is 23.5 Å². The normalized spacial score (nSPS) is 14.6. The van der Waals surface area contributed by atoms with E-state index < -0.39 is 23.6 Å². The van der Waals surface area contributed by atoms with Gasteiger partial charge >= 0.3 is 6.03 Å². The van der Waals surface area contributed by atoms with Crippen LogP contribution in [0.4, 0.5) is 13.6 Å². The number of aromatic hydroxyl groups is 1. The molecule has 9 heteroatoms. The summed E-state index contributed by atoms with van der Waals surface area (Å²) in [6.07, 6.45) is 1.34. The van der Waals surface area contributed by atoms with E-state index in [0.717, 1.165) is 4.90 Å². The lowest BCUT2D eigenvalue weighted by Gasteiger charge is -2.11. The Bertz CT molecular complexity index is 1460. The molecule has 3 aromatic carbocycles. The molecule has 7 nitrogen and oxygen atoms in total. The molecular formula is C26H18F2N4O3. The van der Waals surface area contributed by atoms with E-state index in [4.69, 9.17) is 0 Å². The second-order valence-electron chi connectivity index (χ2n) is 7.85.